The van der Waals surface area contributed by atoms with Crippen LogP contribution in [0.2, 0.25) is 0 Å². The minimum atomic E-state index is -0.362. The van der Waals surface area contributed by atoms with Gasteiger partial charge in [0.1, 0.15) is 10.9 Å². The first kappa shape index (κ1) is 26.6. The van der Waals surface area contributed by atoms with Crippen molar-refractivity contribution >= 4 is 78.9 Å². The second kappa shape index (κ2) is 11.7. The number of amides is 3. The van der Waals surface area contributed by atoms with Gasteiger partial charge in [-0.05, 0) is 36.6 Å². The molecule has 1 unspecified atom stereocenters. The van der Waals surface area contributed by atoms with E-state index in [2.05, 4.69) is 35.1 Å². The lowest BCUT2D eigenvalue weighted by Gasteiger charge is -2.21. The van der Waals surface area contributed by atoms with Crippen LogP contribution in [0.1, 0.15) is 45.1 Å². The third kappa shape index (κ3) is 5.58. The van der Waals surface area contributed by atoms with Crippen molar-refractivity contribution in [3.63, 3.8) is 0 Å². The Bertz CT molecular complexity index is 1250. The smallest absolute Gasteiger partial charge is 0.267 e. The van der Waals surface area contributed by atoms with Gasteiger partial charge in [0.25, 0.3) is 11.8 Å². The van der Waals surface area contributed by atoms with Gasteiger partial charge in [0.15, 0.2) is 0 Å². The molecule has 1 atom stereocenters. The molecule has 0 radical (unpaired) electrons. The van der Waals surface area contributed by atoms with E-state index in [4.69, 9.17) is 12.2 Å². The molecular weight excluding hydrogens is 558 g/mol. The Kier molecular flexibility index (Phi) is 8.64. The van der Waals surface area contributed by atoms with E-state index in [1.807, 2.05) is 30.3 Å². The predicted octanol–water partition coefficient (Wildman–Crippen LogP) is 6.22. The Morgan fingerprint density at radius 2 is 1.86 bits per heavy atom. The topological polar surface area (TPSA) is 69.7 Å². The van der Waals surface area contributed by atoms with Gasteiger partial charge < -0.3 is 5.32 Å². The number of hydrogen-bond acceptors (Lipinski definition) is 5. The molecule has 0 saturated carbocycles. The number of thioether (sulfide) groups is 1. The summed E-state index contributed by atoms with van der Waals surface area (Å²) >= 11 is 10.1. The number of carbonyl (C=O) groups excluding carboxylic acids is 3. The first-order valence-corrected chi connectivity index (χ1v) is 14.1. The summed E-state index contributed by atoms with van der Waals surface area (Å²) in [6.07, 6.45) is 4.22. The number of carbonyl (C=O) groups is 3. The van der Waals surface area contributed by atoms with Crippen molar-refractivity contribution in [2.75, 3.05) is 23.3 Å². The minimum Gasteiger partial charge on any atom is -0.324 e. The monoisotopic (exact) mass is 585 g/mol. The number of benzene rings is 2. The van der Waals surface area contributed by atoms with Gasteiger partial charge >= 0.3 is 0 Å². The van der Waals surface area contributed by atoms with Crippen molar-refractivity contribution in [2.24, 2.45) is 5.92 Å². The fraction of sp³-hybridized carbons (Fsp3) is 0.333. The maximum Gasteiger partial charge on any atom is 0.267 e. The van der Waals surface area contributed by atoms with Crippen LogP contribution in [0.5, 0.6) is 0 Å². The third-order valence-electron chi connectivity index (χ3n) is 6.39. The summed E-state index contributed by atoms with van der Waals surface area (Å²) < 4.78 is 1.32. The molecule has 0 aliphatic carbocycles. The molecule has 2 aromatic carbocycles. The molecule has 1 N–H and O–H groups in total. The second-order valence-corrected chi connectivity index (χ2v) is 11.4. The highest BCUT2D eigenvalue weighted by molar-refractivity contribution is 9.10. The van der Waals surface area contributed by atoms with Gasteiger partial charge in [0.05, 0.1) is 16.2 Å². The van der Waals surface area contributed by atoms with E-state index >= 15 is 0 Å². The standard InChI is InChI=1S/C27H28BrN3O3S2/c1-3-5-9-17(4-2)15-31-26(34)24(36-27(31)35)23-20-12-6-7-13-21(20)30(25(23)33)16-22(32)29-19-11-8-10-18(28)14-19/h6-8,10-14,17H,3-5,9,15-16H2,1-2H3,(H,29,32). The lowest BCUT2D eigenvalue weighted by Crippen LogP contribution is -2.36. The Labute approximate surface area is 229 Å². The van der Waals surface area contributed by atoms with Crippen LogP contribution in [-0.4, -0.2) is 40.0 Å². The highest BCUT2D eigenvalue weighted by Gasteiger charge is 2.42. The molecule has 2 aliphatic rings. The Hall–Kier alpha value is -2.49. The molecule has 2 heterocycles. The van der Waals surface area contributed by atoms with E-state index < -0.39 is 0 Å². The van der Waals surface area contributed by atoms with E-state index in [0.29, 0.717) is 44.2 Å². The zero-order valence-electron chi connectivity index (χ0n) is 20.3. The predicted molar refractivity (Wildman–Crippen MR) is 154 cm³/mol. The zero-order valence-corrected chi connectivity index (χ0v) is 23.5. The van der Waals surface area contributed by atoms with Gasteiger partial charge in [-0.2, -0.15) is 0 Å². The van der Waals surface area contributed by atoms with Gasteiger partial charge in [0, 0.05) is 22.3 Å². The van der Waals surface area contributed by atoms with Crippen LogP contribution in [0.15, 0.2) is 57.9 Å². The molecule has 0 bridgehead atoms. The molecule has 0 aromatic heterocycles. The van der Waals surface area contributed by atoms with Crippen molar-refractivity contribution < 1.29 is 14.4 Å². The quantitative estimate of drug-likeness (QED) is 0.279. The normalized spacial score (nSPS) is 18.1. The number of fused-ring (bicyclic) bond motifs is 1. The van der Waals surface area contributed by atoms with Crippen LogP contribution < -0.4 is 10.2 Å². The van der Waals surface area contributed by atoms with E-state index in [1.54, 1.807) is 23.1 Å². The molecule has 2 aromatic rings. The molecule has 1 saturated heterocycles. The van der Waals surface area contributed by atoms with E-state index in [0.717, 1.165) is 30.2 Å². The van der Waals surface area contributed by atoms with Crippen molar-refractivity contribution in [3.8, 4) is 0 Å². The summed E-state index contributed by atoms with van der Waals surface area (Å²) in [5.74, 6) is -0.550. The largest absolute Gasteiger partial charge is 0.324 e. The summed E-state index contributed by atoms with van der Waals surface area (Å²) in [7, 11) is 0. The summed E-state index contributed by atoms with van der Waals surface area (Å²) in [5.41, 5.74) is 2.21. The zero-order chi connectivity index (χ0) is 25.8. The number of nitrogens with zero attached hydrogens (tertiary/aromatic N) is 2. The Morgan fingerprint density at radius 1 is 1.08 bits per heavy atom. The number of rotatable bonds is 9. The molecule has 2 aliphatic heterocycles. The molecule has 1 fully saturated rings. The number of para-hydroxylation sites is 1. The average molecular weight is 587 g/mol. The van der Waals surface area contributed by atoms with Crippen LogP contribution in [0, 0.1) is 5.92 Å². The van der Waals surface area contributed by atoms with E-state index in [9.17, 15) is 14.4 Å². The lowest BCUT2D eigenvalue weighted by atomic mass is 9.98. The SMILES string of the molecule is CCCCC(CC)CN1C(=O)C(=C2C(=O)N(CC(=O)Nc3cccc(Br)c3)c3ccccc32)SC1=S. The summed E-state index contributed by atoms with van der Waals surface area (Å²) in [4.78, 5) is 43.4. The first-order chi connectivity index (χ1) is 17.3. The van der Waals surface area contributed by atoms with Crippen molar-refractivity contribution in [1.82, 2.24) is 4.90 Å². The first-order valence-electron chi connectivity index (χ1n) is 12.1. The number of unbranched alkanes of at least 4 members (excludes halogenated alkanes) is 1. The molecule has 36 heavy (non-hydrogen) atoms. The van der Waals surface area contributed by atoms with Crippen molar-refractivity contribution in [2.45, 2.75) is 39.5 Å². The Morgan fingerprint density at radius 3 is 2.58 bits per heavy atom. The van der Waals surface area contributed by atoms with Crippen molar-refractivity contribution in [1.29, 1.82) is 0 Å². The highest BCUT2D eigenvalue weighted by Crippen LogP contribution is 2.44. The maximum absolute atomic E-state index is 13.6. The van der Waals surface area contributed by atoms with Crippen LogP contribution >= 0.6 is 39.9 Å². The van der Waals surface area contributed by atoms with Crippen molar-refractivity contribution in [3.05, 3.63) is 63.5 Å². The van der Waals surface area contributed by atoms with Gasteiger partial charge in [-0.1, -0.05) is 97.3 Å². The van der Waals surface area contributed by atoms with E-state index in [1.165, 1.54) is 16.7 Å². The number of thiocarbonyl (C=S) groups is 1. The highest BCUT2D eigenvalue weighted by atomic mass is 79.9. The van der Waals surface area contributed by atoms with Crippen LogP contribution in [0.3, 0.4) is 0 Å². The van der Waals surface area contributed by atoms with Crippen LogP contribution in [-0.2, 0) is 14.4 Å². The molecule has 3 amide bonds. The summed E-state index contributed by atoms with van der Waals surface area (Å²) in [5, 5.41) is 2.83. The minimum absolute atomic E-state index is 0.166. The molecule has 9 heteroatoms. The third-order valence-corrected chi connectivity index (χ3v) is 8.34. The molecule has 6 nitrogen and oxygen atoms in total. The van der Waals surface area contributed by atoms with Gasteiger partial charge in [-0.25, -0.2) is 0 Å². The maximum atomic E-state index is 13.6. The summed E-state index contributed by atoms with van der Waals surface area (Å²) in [6.45, 7) is 4.68. The molecule has 4 rings (SSSR count). The van der Waals surface area contributed by atoms with Crippen LogP contribution in [0.25, 0.3) is 5.57 Å². The average Bonchev–Trinajstić information content (AvgIpc) is 3.28. The molecule has 188 valence electrons. The van der Waals surface area contributed by atoms with Gasteiger partial charge in [-0.15, -0.1) is 0 Å². The Balaban J connectivity index is 1.59. The molecular formula is C27H28BrN3O3S2. The second-order valence-electron chi connectivity index (χ2n) is 8.87. The van der Waals surface area contributed by atoms with Gasteiger partial charge in [0.2, 0.25) is 5.91 Å². The number of anilines is 2. The fourth-order valence-electron chi connectivity index (χ4n) is 4.45. The number of halogens is 1. The van der Waals surface area contributed by atoms with Crippen LogP contribution in [0.4, 0.5) is 11.4 Å². The summed E-state index contributed by atoms with van der Waals surface area (Å²) in [6, 6.07) is 14.5. The fourth-order valence-corrected chi connectivity index (χ4v) is 6.19. The molecule has 0 spiro atoms. The van der Waals surface area contributed by atoms with Gasteiger partial charge in [-0.3, -0.25) is 24.2 Å². The van der Waals surface area contributed by atoms with E-state index in [-0.39, 0.29) is 24.3 Å². The number of hydrogen-bond donors (Lipinski definition) is 1. The number of nitrogens with one attached hydrogen (secondary N) is 1. The lowest BCUT2D eigenvalue weighted by molar-refractivity contribution is -0.123.